The normalized spacial score (nSPS) is 19.3. The molecule has 1 aliphatic rings. The van der Waals surface area contributed by atoms with Gasteiger partial charge in [0.1, 0.15) is 36.6 Å². The lowest BCUT2D eigenvalue weighted by atomic mass is 9.98. The van der Waals surface area contributed by atoms with Crippen LogP contribution in [0.1, 0.15) is 348 Å². The third kappa shape index (κ3) is 45.0. The number of carbonyl (C=O) groups is 1. The van der Waals surface area contributed by atoms with E-state index in [2.05, 4.69) is 31.3 Å². The average Bonchev–Trinajstić information content (AvgIpc) is 3.46. The van der Waals surface area contributed by atoms with Crippen molar-refractivity contribution >= 4 is 5.91 Å². The molecule has 9 unspecified atom stereocenters. The molecule has 0 aliphatic carbocycles. The van der Waals surface area contributed by atoms with Crippen LogP contribution in [-0.4, -0.2) is 110 Å². The zero-order chi connectivity index (χ0) is 57.5. The van der Waals surface area contributed by atoms with Gasteiger partial charge in [-0.25, -0.2) is 0 Å². The zero-order valence-corrected chi connectivity index (χ0v) is 51.9. The largest absolute Gasteiger partial charge is 0.394 e. The van der Waals surface area contributed by atoms with Crippen LogP contribution < -0.4 is 5.32 Å². The Labute approximate surface area is 487 Å². The van der Waals surface area contributed by atoms with Gasteiger partial charge in [0.05, 0.1) is 25.4 Å². The Morgan fingerprint density at radius 2 is 0.734 bits per heavy atom. The van der Waals surface area contributed by atoms with Gasteiger partial charge in [0.2, 0.25) is 5.91 Å². The fourth-order valence-electron chi connectivity index (χ4n) is 11.5. The van der Waals surface area contributed by atoms with Crippen LogP contribution in [0, 0.1) is 0 Å². The van der Waals surface area contributed by atoms with Gasteiger partial charge in [-0.2, -0.15) is 0 Å². The molecule has 0 radical (unpaired) electrons. The van der Waals surface area contributed by atoms with Crippen LogP contribution in [0.3, 0.4) is 0 Å². The Morgan fingerprint density at radius 3 is 1.06 bits per heavy atom. The first-order valence-electron chi connectivity index (χ1n) is 34.6. The Balaban J connectivity index is 2.20. The molecule has 470 valence electrons. The molecule has 1 fully saturated rings. The van der Waals surface area contributed by atoms with E-state index < -0.39 is 74.2 Å². The minimum absolute atomic E-state index is 0.256. The molecule has 0 bridgehead atoms. The van der Waals surface area contributed by atoms with Crippen LogP contribution in [0.5, 0.6) is 0 Å². The third-order valence-electron chi connectivity index (χ3n) is 17.1. The molecule has 79 heavy (non-hydrogen) atoms. The predicted molar refractivity (Wildman–Crippen MR) is 330 cm³/mol. The Bertz CT molecular complexity index is 1290. The minimum atomic E-state index is -1.66. The molecule has 11 heteroatoms. The van der Waals surface area contributed by atoms with Crippen LogP contribution in [-0.2, 0) is 14.3 Å². The van der Waals surface area contributed by atoms with Crippen LogP contribution in [0.15, 0.2) is 12.2 Å². The Hall–Kier alpha value is -1.15. The molecule has 0 spiro atoms. The summed E-state index contributed by atoms with van der Waals surface area (Å²) in [6.45, 7) is 3.51. The number of aliphatic hydroxyl groups excluding tert-OH is 7. The number of nitrogens with one attached hydrogen (secondary N) is 1. The van der Waals surface area contributed by atoms with Gasteiger partial charge in [-0.15, -0.1) is 0 Å². The summed E-state index contributed by atoms with van der Waals surface area (Å²) >= 11 is 0. The van der Waals surface area contributed by atoms with Crippen LogP contribution in [0.25, 0.3) is 0 Å². The van der Waals surface area contributed by atoms with Gasteiger partial charge >= 0.3 is 0 Å². The Morgan fingerprint density at radius 1 is 0.430 bits per heavy atom. The van der Waals surface area contributed by atoms with Gasteiger partial charge in [0.25, 0.3) is 0 Å². The van der Waals surface area contributed by atoms with Gasteiger partial charge in [-0.05, 0) is 38.5 Å². The molecule has 1 amide bonds. The maximum Gasteiger partial charge on any atom is 0.249 e. The van der Waals surface area contributed by atoms with E-state index in [0.717, 1.165) is 51.4 Å². The van der Waals surface area contributed by atoms with E-state index in [9.17, 15) is 40.5 Å². The summed E-state index contributed by atoms with van der Waals surface area (Å²) in [5, 5.41) is 76.5. The molecular formula is C68H133NO10. The highest BCUT2D eigenvalue weighted by Gasteiger charge is 2.44. The first kappa shape index (κ1) is 75.9. The molecule has 0 saturated carbocycles. The van der Waals surface area contributed by atoms with Crippen molar-refractivity contribution in [3.8, 4) is 0 Å². The van der Waals surface area contributed by atoms with E-state index >= 15 is 0 Å². The second-order valence-electron chi connectivity index (χ2n) is 24.6. The standard InChI is InChI=1S/C68H133NO10/c1-3-5-7-9-11-13-15-17-19-21-23-25-27-28-29-30-31-32-33-34-36-37-39-41-43-45-47-49-51-53-55-60(71)63(73)59(58-78-68-66(76)65(75)64(74)62(57-70)79-68)69-67(77)61(72)56-54-52-50-48-46-44-42-40-38-35-26-24-22-20-18-16-14-12-10-8-6-4-2/h38,40,59-66,68,70-76H,3-37,39,41-58H2,1-2H3,(H,69,77)/b40-38-. The summed E-state index contributed by atoms with van der Waals surface area (Å²) in [5.41, 5.74) is 0. The van der Waals surface area contributed by atoms with Crippen molar-refractivity contribution < 1.29 is 50.0 Å². The van der Waals surface area contributed by atoms with Crippen LogP contribution in [0.2, 0.25) is 0 Å². The Kier molecular flexibility index (Phi) is 55.0. The molecule has 1 saturated heterocycles. The highest BCUT2D eigenvalue weighted by Crippen LogP contribution is 2.24. The van der Waals surface area contributed by atoms with Gasteiger partial charge in [0, 0.05) is 0 Å². The van der Waals surface area contributed by atoms with E-state index in [0.29, 0.717) is 19.3 Å². The summed E-state index contributed by atoms with van der Waals surface area (Å²) in [7, 11) is 0. The number of allylic oxidation sites excluding steroid dienone is 2. The predicted octanol–water partition coefficient (Wildman–Crippen LogP) is 16.3. The van der Waals surface area contributed by atoms with Gasteiger partial charge in [-0.1, -0.05) is 321 Å². The monoisotopic (exact) mass is 1120 g/mol. The molecule has 0 aromatic carbocycles. The van der Waals surface area contributed by atoms with Crippen molar-refractivity contribution in [1.82, 2.24) is 5.32 Å². The second-order valence-corrected chi connectivity index (χ2v) is 24.6. The van der Waals surface area contributed by atoms with Crippen molar-refractivity contribution in [1.29, 1.82) is 0 Å². The number of rotatable bonds is 61. The zero-order valence-electron chi connectivity index (χ0n) is 51.9. The second kappa shape index (κ2) is 57.3. The lowest BCUT2D eigenvalue weighted by molar-refractivity contribution is -0.303. The van der Waals surface area contributed by atoms with E-state index in [4.69, 9.17) is 9.47 Å². The van der Waals surface area contributed by atoms with E-state index in [1.54, 1.807) is 0 Å². The summed E-state index contributed by atoms with van der Waals surface area (Å²) in [5.74, 6) is -0.695. The number of amides is 1. The highest BCUT2D eigenvalue weighted by molar-refractivity contribution is 5.80. The first-order valence-corrected chi connectivity index (χ1v) is 34.6. The van der Waals surface area contributed by atoms with Crippen molar-refractivity contribution in [3.63, 3.8) is 0 Å². The molecule has 0 aromatic rings. The number of hydrogen-bond acceptors (Lipinski definition) is 10. The first-order chi connectivity index (χ1) is 38.7. The maximum absolute atomic E-state index is 13.2. The molecule has 1 rings (SSSR count). The summed E-state index contributed by atoms with van der Waals surface area (Å²) in [4.78, 5) is 13.2. The number of ether oxygens (including phenoxy) is 2. The summed E-state index contributed by atoms with van der Waals surface area (Å²) < 4.78 is 11.2. The minimum Gasteiger partial charge on any atom is -0.394 e. The number of carbonyl (C=O) groups excluding carboxylic acids is 1. The quantitative estimate of drug-likeness (QED) is 0.0215. The fourth-order valence-corrected chi connectivity index (χ4v) is 11.5. The molecule has 9 atom stereocenters. The third-order valence-corrected chi connectivity index (χ3v) is 17.1. The SMILES string of the molecule is CCCCCCCCCCCCCC/C=C\CCCCCCCCC(O)C(=O)NC(COC1OC(CO)C(O)C(O)C1O)C(O)C(O)CCCCCCCCCCCCCCCCCCCCCCCCCCCCCCCC. The molecule has 1 aliphatic heterocycles. The summed E-state index contributed by atoms with van der Waals surface area (Å²) in [6.07, 6.45) is 58.6. The molecule has 11 nitrogen and oxygen atoms in total. The molecule has 1 heterocycles. The van der Waals surface area contributed by atoms with Crippen molar-refractivity contribution in [3.05, 3.63) is 12.2 Å². The van der Waals surface area contributed by atoms with Gasteiger partial charge < -0.3 is 50.5 Å². The number of unbranched alkanes of at least 4 members (excludes halogenated alkanes) is 47. The van der Waals surface area contributed by atoms with E-state index in [-0.39, 0.29) is 6.42 Å². The van der Waals surface area contributed by atoms with Crippen molar-refractivity contribution in [2.45, 2.75) is 403 Å². The van der Waals surface area contributed by atoms with E-state index in [1.165, 1.54) is 257 Å². The lowest BCUT2D eigenvalue weighted by Gasteiger charge is -2.40. The highest BCUT2D eigenvalue weighted by atomic mass is 16.7. The average molecular weight is 1120 g/mol. The number of aliphatic hydroxyl groups is 7. The van der Waals surface area contributed by atoms with Gasteiger partial charge in [0.15, 0.2) is 6.29 Å². The number of hydrogen-bond donors (Lipinski definition) is 8. The topological polar surface area (TPSA) is 189 Å². The van der Waals surface area contributed by atoms with Crippen molar-refractivity contribution in [2.24, 2.45) is 0 Å². The maximum atomic E-state index is 13.2. The molecular weight excluding hydrogens is 991 g/mol. The van der Waals surface area contributed by atoms with Crippen LogP contribution >= 0.6 is 0 Å². The molecule has 8 N–H and O–H groups in total. The fraction of sp³-hybridized carbons (Fsp3) is 0.956. The molecule has 0 aromatic heterocycles. The van der Waals surface area contributed by atoms with Crippen molar-refractivity contribution in [2.75, 3.05) is 13.2 Å². The summed E-state index contributed by atoms with van der Waals surface area (Å²) in [6, 6.07) is -1.17. The lowest BCUT2D eigenvalue weighted by Crippen LogP contribution is -2.60. The van der Waals surface area contributed by atoms with E-state index in [1.807, 2.05) is 0 Å². The smallest absolute Gasteiger partial charge is 0.249 e. The van der Waals surface area contributed by atoms with Crippen LogP contribution in [0.4, 0.5) is 0 Å². The van der Waals surface area contributed by atoms with Gasteiger partial charge in [-0.3, -0.25) is 4.79 Å².